The van der Waals surface area contributed by atoms with Crippen LogP contribution in [0, 0.1) is 33.6 Å². The molecule has 124 valence electrons. The van der Waals surface area contributed by atoms with E-state index in [9.17, 15) is 9.59 Å². The first-order chi connectivity index (χ1) is 11.3. The Morgan fingerprint density at radius 2 is 1.58 bits per heavy atom. The predicted octanol–water partition coefficient (Wildman–Crippen LogP) is 4.04. The summed E-state index contributed by atoms with van der Waals surface area (Å²) in [5, 5.41) is 0. The van der Waals surface area contributed by atoms with Crippen LogP contribution in [-0.4, -0.2) is 11.8 Å². The standard InChI is InChI=1S/C21H23NO2/c1-13-5-6-16(4)19(10-13)22-20(23)12-18(21(22)24)11-17-8-14(2)7-15(3)9-17/h5-10,18H,11-12H2,1-4H3/t18-/m0/s1. The summed E-state index contributed by atoms with van der Waals surface area (Å²) >= 11 is 0. The van der Waals surface area contributed by atoms with E-state index in [0.717, 1.165) is 22.4 Å². The van der Waals surface area contributed by atoms with Crippen molar-refractivity contribution in [1.29, 1.82) is 0 Å². The van der Waals surface area contributed by atoms with Crippen molar-refractivity contribution >= 4 is 17.5 Å². The molecule has 2 aromatic carbocycles. The second kappa shape index (κ2) is 6.23. The fraction of sp³-hybridized carbons (Fsp3) is 0.333. The lowest BCUT2D eigenvalue weighted by Crippen LogP contribution is -2.31. The average molecular weight is 321 g/mol. The summed E-state index contributed by atoms with van der Waals surface area (Å²) in [6.07, 6.45) is 0.910. The second-order valence-electron chi connectivity index (χ2n) is 6.96. The molecule has 2 aromatic rings. The average Bonchev–Trinajstić information content (AvgIpc) is 2.75. The number of hydrogen-bond acceptors (Lipinski definition) is 2. The molecule has 1 atom stereocenters. The van der Waals surface area contributed by atoms with Crippen molar-refractivity contribution in [3.63, 3.8) is 0 Å². The minimum absolute atomic E-state index is 0.0761. The fourth-order valence-corrected chi connectivity index (χ4v) is 3.54. The zero-order valence-electron chi connectivity index (χ0n) is 14.7. The zero-order chi connectivity index (χ0) is 17.4. The molecule has 1 fully saturated rings. The van der Waals surface area contributed by atoms with Crippen molar-refractivity contribution in [2.75, 3.05) is 4.90 Å². The first kappa shape index (κ1) is 16.4. The molecule has 24 heavy (non-hydrogen) atoms. The lowest BCUT2D eigenvalue weighted by Gasteiger charge is -2.18. The first-order valence-corrected chi connectivity index (χ1v) is 8.36. The van der Waals surface area contributed by atoms with Crippen LogP contribution in [0.1, 0.15) is 34.2 Å². The summed E-state index contributed by atoms with van der Waals surface area (Å²) in [5.74, 6) is -0.436. The van der Waals surface area contributed by atoms with Gasteiger partial charge in [0.1, 0.15) is 0 Å². The molecule has 0 saturated carbocycles. The fourth-order valence-electron chi connectivity index (χ4n) is 3.54. The highest BCUT2D eigenvalue weighted by Crippen LogP contribution is 2.31. The van der Waals surface area contributed by atoms with Crippen molar-refractivity contribution in [1.82, 2.24) is 0 Å². The van der Waals surface area contributed by atoms with Gasteiger partial charge in [-0.1, -0.05) is 41.5 Å². The molecular weight excluding hydrogens is 298 g/mol. The third kappa shape index (κ3) is 3.12. The maximum Gasteiger partial charge on any atom is 0.237 e. The van der Waals surface area contributed by atoms with E-state index < -0.39 is 0 Å². The number of rotatable bonds is 3. The monoisotopic (exact) mass is 321 g/mol. The molecule has 1 saturated heterocycles. The van der Waals surface area contributed by atoms with Crippen LogP contribution in [0.15, 0.2) is 36.4 Å². The van der Waals surface area contributed by atoms with E-state index in [0.29, 0.717) is 12.8 Å². The topological polar surface area (TPSA) is 37.4 Å². The van der Waals surface area contributed by atoms with Crippen LogP contribution < -0.4 is 4.90 Å². The van der Waals surface area contributed by atoms with Crippen LogP contribution in [0.2, 0.25) is 0 Å². The van der Waals surface area contributed by atoms with Crippen LogP contribution in [0.3, 0.4) is 0 Å². The van der Waals surface area contributed by atoms with Gasteiger partial charge in [-0.05, 0) is 56.9 Å². The first-order valence-electron chi connectivity index (χ1n) is 8.36. The molecule has 0 N–H and O–H groups in total. The van der Waals surface area contributed by atoms with Gasteiger partial charge >= 0.3 is 0 Å². The molecule has 0 aliphatic carbocycles. The molecule has 0 bridgehead atoms. The summed E-state index contributed by atoms with van der Waals surface area (Å²) < 4.78 is 0. The van der Waals surface area contributed by atoms with Gasteiger partial charge in [0, 0.05) is 6.42 Å². The normalized spacial score (nSPS) is 17.7. The molecule has 0 aromatic heterocycles. The summed E-state index contributed by atoms with van der Waals surface area (Å²) in [6, 6.07) is 12.2. The number of hydrogen-bond donors (Lipinski definition) is 0. The van der Waals surface area contributed by atoms with E-state index >= 15 is 0 Å². The van der Waals surface area contributed by atoms with Gasteiger partial charge in [0.15, 0.2) is 0 Å². The quantitative estimate of drug-likeness (QED) is 0.800. The zero-order valence-corrected chi connectivity index (χ0v) is 14.7. The van der Waals surface area contributed by atoms with E-state index in [1.165, 1.54) is 16.0 Å². The number of nitrogens with zero attached hydrogens (tertiary/aromatic N) is 1. The number of amides is 2. The Labute approximate surface area is 143 Å². The highest BCUT2D eigenvalue weighted by Gasteiger charge is 2.39. The number of imide groups is 1. The summed E-state index contributed by atoms with van der Waals surface area (Å²) in [5.41, 5.74) is 6.24. The van der Waals surface area contributed by atoms with Gasteiger partial charge in [-0.15, -0.1) is 0 Å². The molecule has 0 unspecified atom stereocenters. The highest BCUT2D eigenvalue weighted by molar-refractivity contribution is 6.21. The molecule has 3 nitrogen and oxygen atoms in total. The van der Waals surface area contributed by atoms with Gasteiger partial charge in [-0.25, -0.2) is 0 Å². The van der Waals surface area contributed by atoms with Crippen molar-refractivity contribution in [3.05, 3.63) is 64.2 Å². The number of carbonyl (C=O) groups excluding carboxylic acids is 2. The molecule has 2 amide bonds. The SMILES string of the molecule is Cc1cc(C)cc(C[C@H]2CC(=O)N(c3cc(C)ccc3C)C2=O)c1. The number of anilines is 1. The number of benzene rings is 2. The van der Waals surface area contributed by atoms with Gasteiger partial charge in [-0.2, -0.15) is 0 Å². The summed E-state index contributed by atoms with van der Waals surface area (Å²) in [6.45, 7) is 8.02. The Morgan fingerprint density at radius 3 is 2.25 bits per heavy atom. The third-order valence-corrected chi connectivity index (χ3v) is 4.61. The van der Waals surface area contributed by atoms with Gasteiger partial charge in [0.2, 0.25) is 11.8 Å². The Hall–Kier alpha value is -2.42. The van der Waals surface area contributed by atoms with Crippen molar-refractivity contribution in [3.8, 4) is 0 Å². The Morgan fingerprint density at radius 1 is 0.917 bits per heavy atom. The van der Waals surface area contributed by atoms with Crippen molar-refractivity contribution in [2.24, 2.45) is 5.92 Å². The second-order valence-corrected chi connectivity index (χ2v) is 6.96. The van der Waals surface area contributed by atoms with E-state index in [1.54, 1.807) is 0 Å². The highest BCUT2D eigenvalue weighted by atomic mass is 16.2. The third-order valence-electron chi connectivity index (χ3n) is 4.61. The Kier molecular flexibility index (Phi) is 4.27. The minimum atomic E-state index is -0.265. The predicted molar refractivity (Wildman–Crippen MR) is 96.1 cm³/mol. The molecule has 1 aliphatic rings. The number of aryl methyl sites for hydroxylation is 4. The smallest absolute Gasteiger partial charge is 0.237 e. The van der Waals surface area contributed by atoms with Crippen LogP contribution in [0.5, 0.6) is 0 Å². The molecule has 0 spiro atoms. The maximum absolute atomic E-state index is 12.9. The lowest BCUT2D eigenvalue weighted by molar-refractivity contribution is -0.122. The minimum Gasteiger partial charge on any atom is -0.274 e. The van der Waals surface area contributed by atoms with Crippen LogP contribution in [-0.2, 0) is 16.0 Å². The molecular formula is C21H23NO2. The largest absolute Gasteiger partial charge is 0.274 e. The van der Waals surface area contributed by atoms with E-state index in [4.69, 9.17) is 0 Å². The van der Waals surface area contributed by atoms with Gasteiger partial charge in [-0.3, -0.25) is 14.5 Å². The maximum atomic E-state index is 12.9. The van der Waals surface area contributed by atoms with Crippen molar-refractivity contribution in [2.45, 2.75) is 40.5 Å². The lowest BCUT2D eigenvalue weighted by atomic mass is 9.95. The molecule has 3 heteroatoms. The van der Waals surface area contributed by atoms with Crippen LogP contribution in [0.25, 0.3) is 0 Å². The Balaban J connectivity index is 1.87. The molecule has 1 heterocycles. The van der Waals surface area contributed by atoms with Crippen LogP contribution >= 0.6 is 0 Å². The van der Waals surface area contributed by atoms with E-state index in [1.807, 2.05) is 32.0 Å². The van der Waals surface area contributed by atoms with E-state index in [2.05, 4.69) is 32.0 Å². The molecule has 3 rings (SSSR count). The van der Waals surface area contributed by atoms with Gasteiger partial charge in [0.05, 0.1) is 11.6 Å². The Bertz CT molecular complexity index is 802. The van der Waals surface area contributed by atoms with Crippen LogP contribution in [0.4, 0.5) is 5.69 Å². The van der Waals surface area contributed by atoms with E-state index in [-0.39, 0.29) is 17.7 Å². The molecule has 0 radical (unpaired) electrons. The number of carbonyl (C=O) groups is 2. The van der Waals surface area contributed by atoms with Gasteiger partial charge < -0.3 is 0 Å². The summed E-state index contributed by atoms with van der Waals surface area (Å²) in [7, 11) is 0. The van der Waals surface area contributed by atoms with Crippen molar-refractivity contribution < 1.29 is 9.59 Å². The summed E-state index contributed by atoms with van der Waals surface area (Å²) in [4.78, 5) is 26.7. The van der Waals surface area contributed by atoms with Gasteiger partial charge in [0.25, 0.3) is 0 Å². The molecule has 1 aliphatic heterocycles.